The molecule has 6 nitrogen and oxygen atoms in total. The summed E-state index contributed by atoms with van der Waals surface area (Å²) in [7, 11) is 3.19. The summed E-state index contributed by atoms with van der Waals surface area (Å²) >= 11 is 0. The summed E-state index contributed by atoms with van der Waals surface area (Å²) in [5.74, 6) is -0.300. The first-order chi connectivity index (χ1) is 7.08. The molecule has 0 saturated carbocycles. The summed E-state index contributed by atoms with van der Waals surface area (Å²) < 4.78 is 9.71. The molecule has 0 radical (unpaired) electrons. The van der Waals surface area contributed by atoms with Crippen molar-refractivity contribution >= 4 is 0 Å². The van der Waals surface area contributed by atoms with Gasteiger partial charge in [-0.05, 0) is 0 Å². The summed E-state index contributed by atoms with van der Waals surface area (Å²) in [5, 5.41) is 26.9. The molecule has 0 saturated heterocycles. The van der Waals surface area contributed by atoms with E-state index >= 15 is 0 Å². The molecule has 0 aromatic carbocycles. The number of aliphatic hydroxyl groups is 3. The lowest BCUT2D eigenvalue weighted by Crippen LogP contribution is -2.48. The zero-order chi connectivity index (χ0) is 11.7. The number of hydrogen-bond donors (Lipinski definition) is 3. The fourth-order valence-corrected chi connectivity index (χ4v) is 1.00. The van der Waals surface area contributed by atoms with Gasteiger partial charge in [0, 0.05) is 0 Å². The largest absolute Gasteiger partial charge is 0.497 e. The highest BCUT2D eigenvalue weighted by molar-refractivity contribution is 4.70. The maximum Gasteiger partial charge on any atom is 0.313 e. The van der Waals surface area contributed by atoms with E-state index in [0.29, 0.717) is 13.1 Å². The smallest absolute Gasteiger partial charge is 0.313 e. The predicted molar refractivity (Wildman–Crippen MR) is 53.8 cm³/mol. The second kappa shape index (κ2) is 7.33. The number of rotatable bonds is 8. The second-order valence-electron chi connectivity index (χ2n) is 3.47. The molecular weight excluding hydrogens is 202 g/mol. The molecule has 0 fully saturated rings. The Labute approximate surface area is 89.5 Å². The van der Waals surface area contributed by atoms with E-state index in [2.05, 4.69) is 4.74 Å². The molecule has 0 aromatic rings. The molecule has 3 N–H and O–H groups in total. The zero-order valence-electron chi connectivity index (χ0n) is 9.22. The lowest BCUT2D eigenvalue weighted by atomic mass is 10.4. The molecule has 0 heterocycles. The van der Waals surface area contributed by atoms with Gasteiger partial charge in [-0.25, -0.2) is 0 Å². The average Bonchev–Trinajstić information content (AvgIpc) is 2.18. The van der Waals surface area contributed by atoms with Crippen molar-refractivity contribution in [2.45, 2.75) is 0 Å². The Morgan fingerprint density at radius 2 is 2.00 bits per heavy atom. The Balaban J connectivity index is 3.86. The minimum Gasteiger partial charge on any atom is -0.497 e. The molecule has 0 aromatic heterocycles. The van der Waals surface area contributed by atoms with Crippen molar-refractivity contribution in [1.29, 1.82) is 0 Å². The topological polar surface area (TPSA) is 79.2 Å². The Hall–Kier alpha value is -0.980. The minimum atomic E-state index is -0.300. The highest BCUT2D eigenvalue weighted by atomic mass is 16.6. The van der Waals surface area contributed by atoms with Crippen LogP contribution in [-0.2, 0) is 9.47 Å². The van der Waals surface area contributed by atoms with Gasteiger partial charge in [0.25, 0.3) is 0 Å². The van der Waals surface area contributed by atoms with Gasteiger partial charge in [0.1, 0.15) is 19.7 Å². The molecule has 6 heteroatoms. The third kappa shape index (κ3) is 6.16. The molecule has 0 spiro atoms. The van der Waals surface area contributed by atoms with Gasteiger partial charge >= 0.3 is 5.95 Å². The Morgan fingerprint density at radius 3 is 2.47 bits per heavy atom. The van der Waals surface area contributed by atoms with Gasteiger partial charge in [-0.15, -0.1) is 0 Å². The van der Waals surface area contributed by atoms with Gasteiger partial charge in [0.2, 0.25) is 0 Å². The summed E-state index contributed by atoms with van der Waals surface area (Å²) in [4.78, 5) is 0. The van der Waals surface area contributed by atoms with E-state index in [9.17, 15) is 0 Å². The van der Waals surface area contributed by atoms with E-state index < -0.39 is 0 Å². The summed E-state index contributed by atoms with van der Waals surface area (Å²) in [6, 6.07) is 0. The van der Waals surface area contributed by atoms with Gasteiger partial charge in [-0.2, -0.15) is 0 Å². The summed E-state index contributed by atoms with van der Waals surface area (Å²) in [5.41, 5.74) is 0. The first kappa shape index (κ1) is 14.0. The SMILES string of the molecule is COC=C(O)OCC[N+](C)(CO)CCO. The minimum absolute atomic E-state index is 0.00302. The van der Waals surface area contributed by atoms with Gasteiger partial charge < -0.3 is 24.8 Å². The first-order valence-electron chi connectivity index (χ1n) is 4.68. The number of aliphatic hydroxyl groups excluding tert-OH is 3. The van der Waals surface area contributed by atoms with E-state index in [-0.39, 0.29) is 30.4 Å². The molecule has 0 aliphatic heterocycles. The van der Waals surface area contributed by atoms with Crippen LogP contribution in [0.3, 0.4) is 0 Å². The number of hydrogen-bond acceptors (Lipinski definition) is 5. The molecule has 1 atom stereocenters. The van der Waals surface area contributed by atoms with Crippen molar-refractivity contribution in [2.75, 3.05) is 47.2 Å². The third-order valence-electron chi connectivity index (χ3n) is 2.08. The lowest BCUT2D eigenvalue weighted by molar-refractivity contribution is -0.927. The Morgan fingerprint density at radius 1 is 1.33 bits per heavy atom. The molecule has 0 aliphatic carbocycles. The maximum atomic E-state index is 9.09. The van der Waals surface area contributed by atoms with E-state index in [1.54, 1.807) is 7.05 Å². The van der Waals surface area contributed by atoms with Crippen LogP contribution < -0.4 is 0 Å². The number of ether oxygens (including phenoxy) is 2. The van der Waals surface area contributed by atoms with Crippen LogP contribution in [0.15, 0.2) is 12.2 Å². The van der Waals surface area contributed by atoms with Gasteiger partial charge in [0.05, 0.1) is 20.8 Å². The van der Waals surface area contributed by atoms with Crippen LogP contribution in [0.1, 0.15) is 0 Å². The second-order valence-corrected chi connectivity index (χ2v) is 3.47. The van der Waals surface area contributed by atoms with Crippen molar-refractivity contribution in [1.82, 2.24) is 0 Å². The monoisotopic (exact) mass is 222 g/mol. The molecule has 1 unspecified atom stereocenters. The molecule has 0 amide bonds. The zero-order valence-corrected chi connectivity index (χ0v) is 9.22. The Kier molecular flexibility index (Phi) is 6.85. The highest BCUT2D eigenvalue weighted by Crippen LogP contribution is 2.01. The molecule has 0 bridgehead atoms. The van der Waals surface area contributed by atoms with Crippen LogP contribution in [0.25, 0.3) is 0 Å². The predicted octanol–water partition coefficient (Wildman–Crippen LogP) is -0.605. The van der Waals surface area contributed by atoms with Gasteiger partial charge in [-0.1, -0.05) is 0 Å². The number of likely N-dealkylation sites (N-methyl/N-ethyl adjacent to an activating group) is 1. The van der Waals surface area contributed by atoms with Gasteiger partial charge in [0.15, 0.2) is 13.0 Å². The fourth-order valence-electron chi connectivity index (χ4n) is 1.00. The lowest BCUT2D eigenvalue weighted by Gasteiger charge is -2.31. The fraction of sp³-hybridized carbons (Fsp3) is 0.778. The molecular formula is C9H20NO5+. The standard InChI is InChI=1S/C9H19NO5/c1-10(8-12,3-5-11)4-6-15-9(13)7-14-2/h7,11-12H,3-6,8H2,1-2H3/p+1. The summed E-state index contributed by atoms with van der Waals surface area (Å²) in [6.45, 7) is 1.08. The van der Waals surface area contributed by atoms with Crippen molar-refractivity contribution in [3.63, 3.8) is 0 Å². The van der Waals surface area contributed by atoms with Crippen molar-refractivity contribution in [2.24, 2.45) is 0 Å². The number of methoxy groups -OCH3 is 1. The van der Waals surface area contributed by atoms with E-state index in [1.165, 1.54) is 7.11 Å². The molecule has 0 rings (SSSR count). The van der Waals surface area contributed by atoms with E-state index in [1.807, 2.05) is 0 Å². The van der Waals surface area contributed by atoms with Crippen LogP contribution in [0.2, 0.25) is 0 Å². The van der Waals surface area contributed by atoms with Crippen LogP contribution in [0.5, 0.6) is 0 Å². The maximum absolute atomic E-state index is 9.09. The quantitative estimate of drug-likeness (QED) is 0.290. The van der Waals surface area contributed by atoms with Crippen LogP contribution in [0, 0.1) is 0 Å². The van der Waals surface area contributed by atoms with Crippen LogP contribution >= 0.6 is 0 Å². The Bertz CT molecular complexity index is 197. The van der Waals surface area contributed by atoms with Crippen LogP contribution in [0.4, 0.5) is 0 Å². The first-order valence-corrected chi connectivity index (χ1v) is 4.68. The van der Waals surface area contributed by atoms with Crippen molar-refractivity contribution < 1.29 is 29.3 Å². The average molecular weight is 222 g/mol. The highest BCUT2D eigenvalue weighted by Gasteiger charge is 2.19. The molecule has 15 heavy (non-hydrogen) atoms. The molecule has 90 valence electrons. The molecule has 0 aliphatic rings. The van der Waals surface area contributed by atoms with Crippen molar-refractivity contribution in [3.05, 3.63) is 12.2 Å². The normalized spacial score (nSPS) is 15.9. The van der Waals surface area contributed by atoms with Gasteiger partial charge in [-0.3, -0.25) is 4.48 Å². The third-order valence-corrected chi connectivity index (χ3v) is 2.08. The van der Waals surface area contributed by atoms with E-state index in [4.69, 9.17) is 20.1 Å². The van der Waals surface area contributed by atoms with Crippen LogP contribution in [-0.4, -0.2) is 67.0 Å². The number of nitrogens with zero attached hydrogens (tertiary/aromatic N) is 1. The van der Waals surface area contributed by atoms with E-state index in [0.717, 1.165) is 6.26 Å². The summed E-state index contributed by atoms with van der Waals surface area (Å²) in [6.07, 6.45) is 1.08. The van der Waals surface area contributed by atoms with Crippen molar-refractivity contribution in [3.8, 4) is 0 Å². The number of quaternary nitrogens is 1.